The zero-order chi connectivity index (χ0) is 19.1. The number of hydrogen-bond donors (Lipinski definition) is 2. The fourth-order valence-corrected chi connectivity index (χ4v) is 2.46. The maximum absolute atomic E-state index is 12.3. The molecule has 2 N–H and O–H groups in total. The summed E-state index contributed by atoms with van der Waals surface area (Å²) in [6.07, 6.45) is 0. The van der Waals surface area contributed by atoms with Crippen LogP contribution in [0.4, 0.5) is 11.5 Å². The lowest BCUT2D eigenvalue weighted by Gasteiger charge is -2.09. The molecule has 3 rings (SSSR count). The van der Waals surface area contributed by atoms with E-state index >= 15 is 0 Å². The molecule has 0 aliphatic carbocycles. The third-order valence-corrected chi connectivity index (χ3v) is 3.84. The maximum Gasteiger partial charge on any atom is 0.272 e. The Morgan fingerprint density at radius 2 is 1.85 bits per heavy atom. The van der Waals surface area contributed by atoms with E-state index in [0.29, 0.717) is 29.4 Å². The predicted octanol–water partition coefficient (Wildman–Crippen LogP) is 3.03. The molecule has 0 spiro atoms. The van der Waals surface area contributed by atoms with Gasteiger partial charge in [0, 0.05) is 12.1 Å². The highest BCUT2D eigenvalue weighted by Gasteiger charge is 2.10. The molecule has 27 heavy (non-hydrogen) atoms. The molecule has 0 aliphatic rings. The Morgan fingerprint density at radius 3 is 2.59 bits per heavy atom. The summed E-state index contributed by atoms with van der Waals surface area (Å²) < 4.78 is 5.26. The number of para-hydroxylation sites is 2. The summed E-state index contributed by atoms with van der Waals surface area (Å²) in [5, 5.41) is 22.9. The Kier molecular flexibility index (Phi) is 5.60. The maximum atomic E-state index is 12.3. The first-order valence-electron chi connectivity index (χ1n) is 8.21. The molecular weight excluding hydrogens is 342 g/mol. The molecule has 1 aromatic heterocycles. The second-order valence-electron chi connectivity index (χ2n) is 5.58. The lowest BCUT2D eigenvalue weighted by atomic mass is 10.2. The highest BCUT2D eigenvalue weighted by atomic mass is 16.5. The standard InChI is InChI=1S/C20H17N5O2/c1-27-18-9-5-3-7-15(18)13-22-20(26)17-10-11-19(25-24-17)23-16-8-4-2-6-14(16)12-21/h2-11H,13H2,1H3,(H,22,26)(H,23,25). The Hall–Kier alpha value is -3.92. The second-order valence-corrected chi connectivity index (χ2v) is 5.58. The van der Waals surface area contributed by atoms with E-state index in [4.69, 9.17) is 10.00 Å². The summed E-state index contributed by atoms with van der Waals surface area (Å²) in [6.45, 7) is 0.320. The third kappa shape index (κ3) is 4.38. The molecule has 2 aromatic carbocycles. The molecule has 0 aliphatic heterocycles. The van der Waals surface area contributed by atoms with Crippen LogP contribution in [0.15, 0.2) is 60.7 Å². The van der Waals surface area contributed by atoms with Gasteiger partial charge in [-0.3, -0.25) is 4.79 Å². The highest BCUT2D eigenvalue weighted by Crippen LogP contribution is 2.19. The fraction of sp³-hybridized carbons (Fsp3) is 0.100. The van der Waals surface area contributed by atoms with Crippen molar-refractivity contribution in [3.8, 4) is 11.8 Å². The van der Waals surface area contributed by atoms with Gasteiger partial charge in [0.15, 0.2) is 11.5 Å². The number of amides is 1. The van der Waals surface area contributed by atoms with E-state index in [-0.39, 0.29) is 11.6 Å². The van der Waals surface area contributed by atoms with E-state index < -0.39 is 0 Å². The summed E-state index contributed by atoms with van der Waals surface area (Å²) in [5.41, 5.74) is 2.19. The van der Waals surface area contributed by atoms with Crippen LogP contribution in [-0.2, 0) is 6.54 Å². The minimum Gasteiger partial charge on any atom is -0.496 e. The van der Waals surface area contributed by atoms with Crippen LogP contribution in [0.3, 0.4) is 0 Å². The summed E-state index contributed by atoms with van der Waals surface area (Å²) >= 11 is 0. The van der Waals surface area contributed by atoms with Crippen molar-refractivity contribution in [1.29, 1.82) is 5.26 Å². The normalized spacial score (nSPS) is 9.93. The number of carbonyl (C=O) groups is 1. The van der Waals surface area contributed by atoms with E-state index in [9.17, 15) is 4.79 Å². The Morgan fingerprint density at radius 1 is 1.07 bits per heavy atom. The molecular formula is C20H17N5O2. The molecule has 134 valence electrons. The van der Waals surface area contributed by atoms with Crippen LogP contribution in [0.5, 0.6) is 5.75 Å². The molecule has 7 heteroatoms. The van der Waals surface area contributed by atoms with Crippen molar-refractivity contribution in [2.45, 2.75) is 6.54 Å². The van der Waals surface area contributed by atoms with Crippen LogP contribution in [0.2, 0.25) is 0 Å². The van der Waals surface area contributed by atoms with Crippen LogP contribution < -0.4 is 15.4 Å². The number of hydrogen-bond acceptors (Lipinski definition) is 6. The zero-order valence-corrected chi connectivity index (χ0v) is 14.6. The van der Waals surface area contributed by atoms with E-state index in [1.54, 1.807) is 37.4 Å². The number of carbonyl (C=O) groups excluding carboxylic acids is 1. The zero-order valence-electron chi connectivity index (χ0n) is 14.6. The van der Waals surface area contributed by atoms with Gasteiger partial charge in [-0.2, -0.15) is 5.26 Å². The van der Waals surface area contributed by atoms with E-state index in [1.165, 1.54) is 0 Å². The number of methoxy groups -OCH3 is 1. The van der Waals surface area contributed by atoms with Crippen molar-refractivity contribution < 1.29 is 9.53 Å². The summed E-state index contributed by atoms with van der Waals surface area (Å²) in [7, 11) is 1.59. The molecule has 0 bridgehead atoms. The van der Waals surface area contributed by atoms with Crippen molar-refractivity contribution in [3.63, 3.8) is 0 Å². The van der Waals surface area contributed by atoms with Crippen molar-refractivity contribution in [3.05, 3.63) is 77.5 Å². The van der Waals surface area contributed by atoms with Gasteiger partial charge in [-0.1, -0.05) is 30.3 Å². The molecule has 0 radical (unpaired) electrons. The van der Waals surface area contributed by atoms with Crippen LogP contribution in [0.1, 0.15) is 21.6 Å². The Labute approximate surface area is 156 Å². The molecule has 0 saturated carbocycles. The lowest BCUT2D eigenvalue weighted by Crippen LogP contribution is -2.24. The first-order valence-corrected chi connectivity index (χ1v) is 8.21. The SMILES string of the molecule is COc1ccccc1CNC(=O)c1ccc(Nc2ccccc2C#N)nn1. The van der Waals surface area contributed by atoms with Gasteiger partial charge < -0.3 is 15.4 Å². The quantitative estimate of drug-likeness (QED) is 0.702. The van der Waals surface area contributed by atoms with Gasteiger partial charge >= 0.3 is 0 Å². The topological polar surface area (TPSA) is 99.9 Å². The van der Waals surface area contributed by atoms with Gasteiger partial charge in [0.25, 0.3) is 5.91 Å². The number of rotatable bonds is 6. The minimum atomic E-state index is -0.336. The first kappa shape index (κ1) is 17.9. The van der Waals surface area contributed by atoms with Crippen molar-refractivity contribution in [2.24, 2.45) is 0 Å². The average molecular weight is 359 g/mol. The average Bonchev–Trinajstić information content (AvgIpc) is 2.73. The van der Waals surface area contributed by atoms with Crippen LogP contribution in [-0.4, -0.2) is 23.2 Å². The molecule has 0 fully saturated rings. The molecule has 3 aromatic rings. The highest BCUT2D eigenvalue weighted by molar-refractivity contribution is 5.92. The van der Waals surface area contributed by atoms with Crippen LogP contribution in [0, 0.1) is 11.3 Å². The number of nitriles is 1. The second kappa shape index (κ2) is 8.45. The summed E-state index contributed by atoms with van der Waals surface area (Å²) in [6, 6.07) is 19.8. The monoisotopic (exact) mass is 359 g/mol. The smallest absolute Gasteiger partial charge is 0.272 e. The van der Waals surface area contributed by atoms with Gasteiger partial charge in [-0.15, -0.1) is 10.2 Å². The van der Waals surface area contributed by atoms with Crippen LogP contribution in [0.25, 0.3) is 0 Å². The van der Waals surface area contributed by atoms with Crippen molar-refractivity contribution in [2.75, 3.05) is 12.4 Å². The molecule has 1 amide bonds. The summed E-state index contributed by atoms with van der Waals surface area (Å²) in [5.74, 6) is 0.816. The van der Waals surface area contributed by atoms with Gasteiger partial charge in [0.05, 0.1) is 18.4 Å². The van der Waals surface area contributed by atoms with Crippen molar-refractivity contribution >= 4 is 17.4 Å². The van der Waals surface area contributed by atoms with Gasteiger partial charge in [-0.25, -0.2) is 0 Å². The first-order chi connectivity index (χ1) is 13.2. The molecule has 1 heterocycles. The predicted molar refractivity (Wildman–Crippen MR) is 101 cm³/mol. The Bertz CT molecular complexity index is 980. The summed E-state index contributed by atoms with van der Waals surface area (Å²) in [4.78, 5) is 12.3. The van der Waals surface area contributed by atoms with Gasteiger partial charge in [-0.05, 0) is 30.3 Å². The molecule has 0 unspecified atom stereocenters. The van der Waals surface area contributed by atoms with Crippen LogP contribution >= 0.6 is 0 Å². The third-order valence-electron chi connectivity index (χ3n) is 3.84. The number of aromatic nitrogens is 2. The number of ether oxygens (including phenoxy) is 1. The van der Waals surface area contributed by atoms with E-state index in [0.717, 1.165) is 5.56 Å². The molecule has 7 nitrogen and oxygen atoms in total. The molecule has 0 atom stereocenters. The van der Waals surface area contributed by atoms with E-state index in [1.807, 2.05) is 30.3 Å². The largest absolute Gasteiger partial charge is 0.496 e. The Balaban J connectivity index is 1.64. The number of anilines is 2. The van der Waals surface area contributed by atoms with Gasteiger partial charge in [0.1, 0.15) is 11.8 Å². The minimum absolute atomic E-state index is 0.198. The van der Waals surface area contributed by atoms with Gasteiger partial charge in [0.2, 0.25) is 0 Å². The van der Waals surface area contributed by atoms with Crippen molar-refractivity contribution in [1.82, 2.24) is 15.5 Å². The lowest BCUT2D eigenvalue weighted by molar-refractivity contribution is 0.0944. The number of nitrogens with one attached hydrogen (secondary N) is 2. The number of benzene rings is 2. The van der Waals surface area contributed by atoms with E-state index in [2.05, 4.69) is 26.9 Å². The molecule has 0 saturated heterocycles. The number of nitrogens with zero attached hydrogens (tertiary/aromatic N) is 3. The fourth-order valence-electron chi connectivity index (χ4n) is 2.46.